The number of thioether (sulfide) groups is 1. The average molecular weight is 533 g/mol. The summed E-state index contributed by atoms with van der Waals surface area (Å²) in [6.45, 7) is 3.49. The molecule has 0 bridgehead atoms. The molecule has 2 unspecified atom stereocenters. The third kappa shape index (κ3) is 5.77. The molecule has 8 nitrogen and oxygen atoms in total. The molecule has 0 aliphatic rings. The molecule has 0 fully saturated rings. The number of halogens is 2. The normalized spacial score (nSPS) is 15.9. The summed E-state index contributed by atoms with van der Waals surface area (Å²) in [5.41, 5.74) is -1.09. The molecule has 0 radical (unpaired) electrons. The molecule has 0 aliphatic carbocycles. The summed E-state index contributed by atoms with van der Waals surface area (Å²) in [5, 5.41) is 34.5. The Hall–Kier alpha value is -2.80. The lowest BCUT2D eigenvalue weighted by Crippen LogP contribution is -2.42. The van der Waals surface area contributed by atoms with Crippen LogP contribution in [0, 0.1) is 11.6 Å². The van der Waals surface area contributed by atoms with Crippen molar-refractivity contribution in [1.29, 1.82) is 0 Å². The highest BCUT2D eigenvalue weighted by Gasteiger charge is 2.41. The van der Waals surface area contributed by atoms with Crippen LogP contribution < -0.4 is 0 Å². The predicted octanol–water partition coefficient (Wildman–Crippen LogP) is 3.97. The van der Waals surface area contributed by atoms with Crippen LogP contribution in [-0.4, -0.2) is 50.2 Å². The Morgan fingerprint density at radius 2 is 1.83 bits per heavy atom. The van der Waals surface area contributed by atoms with E-state index in [-0.39, 0.29) is 17.4 Å². The Morgan fingerprint density at radius 3 is 2.44 bits per heavy atom. The van der Waals surface area contributed by atoms with Crippen molar-refractivity contribution >= 4 is 23.5 Å². The molecule has 4 rings (SSSR count). The van der Waals surface area contributed by atoms with E-state index < -0.39 is 28.6 Å². The van der Waals surface area contributed by atoms with Crippen LogP contribution in [0.25, 0.3) is 0 Å². The number of aliphatic hydroxyl groups excluding tert-OH is 1. The minimum absolute atomic E-state index is 0.0498. The van der Waals surface area contributed by atoms with Crippen molar-refractivity contribution in [2.45, 2.75) is 52.6 Å². The van der Waals surface area contributed by atoms with Gasteiger partial charge in [-0.05, 0) is 35.5 Å². The molecule has 0 saturated carbocycles. The molecule has 2 aromatic heterocycles. The average Bonchev–Trinajstić information content (AvgIpc) is 3.50. The third-order valence-electron chi connectivity index (χ3n) is 5.90. The monoisotopic (exact) mass is 532 g/mol. The minimum atomic E-state index is -1.75. The van der Waals surface area contributed by atoms with Crippen molar-refractivity contribution < 1.29 is 19.0 Å². The van der Waals surface area contributed by atoms with Gasteiger partial charge in [-0.1, -0.05) is 32.0 Å². The van der Waals surface area contributed by atoms with E-state index in [0.717, 1.165) is 22.2 Å². The van der Waals surface area contributed by atoms with Gasteiger partial charge in [-0.2, -0.15) is 5.10 Å². The fourth-order valence-corrected chi connectivity index (χ4v) is 5.96. The Bertz CT molecular complexity index is 1290. The SMILES string of the molecule is CC(S[C@H](C)[C@](O)(Cn1cncn1)c1ccc(F)cc1F)C(O)c1ccc(Sc2nncn2C)cc1. The second-order valence-corrected chi connectivity index (χ2v) is 11.2. The third-order valence-corrected chi connectivity index (χ3v) is 8.45. The van der Waals surface area contributed by atoms with E-state index in [1.165, 1.54) is 46.9 Å². The summed E-state index contributed by atoms with van der Waals surface area (Å²) in [6, 6.07) is 10.6. The highest BCUT2D eigenvalue weighted by atomic mass is 32.2. The first-order chi connectivity index (χ1) is 17.2. The molecule has 2 aromatic carbocycles. The molecule has 4 aromatic rings. The quantitative estimate of drug-likeness (QED) is 0.316. The summed E-state index contributed by atoms with van der Waals surface area (Å²) < 4.78 is 31.6. The molecule has 0 amide bonds. The fraction of sp³-hybridized carbons (Fsp3) is 0.333. The van der Waals surface area contributed by atoms with Gasteiger partial charge in [-0.3, -0.25) is 0 Å². The summed E-state index contributed by atoms with van der Waals surface area (Å²) in [7, 11) is 1.86. The molecule has 190 valence electrons. The number of hydrogen-bond acceptors (Lipinski definition) is 8. The molecule has 0 spiro atoms. The first-order valence-electron chi connectivity index (χ1n) is 11.1. The molecule has 4 atom stereocenters. The van der Waals surface area contributed by atoms with Gasteiger partial charge in [0.1, 0.15) is 36.2 Å². The minimum Gasteiger partial charge on any atom is -0.387 e. The van der Waals surface area contributed by atoms with Crippen LogP contribution in [0.15, 0.2) is 71.5 Å². The van der Waals surface area contributed by atoms with Gasteiger partial charge in [0, 0.05) is 34.1 Å². The smallest absolute Gasteiger partial charge is 0.195 e. The lowest BCUT2D eigenvalue weighted by molar-refractivity contribution is 0.0129. The standard InChI is InChI=1S/C24H26F2N6O2S2/c1-15(22(33)17-4-7-19(8-5-17)36-23-30-28-14-31(23)3)35-16(2)24(34,11-32-13-27-12-29-32)20-9-6-18(25)10-21(20)26/h4-10,12-16,22,33-34H,11H2,1-3H3/t15?,16-,22?,24-/m1/s1. The van der Waals surface area contributed by atoms with E-state index in [9.17, 15) is 19.0 Å². The summed E-state index contributed by atoms with van der Waals surface area (Å²) >= 11 is 2.76. The molecular formula is C24H26F2N6O2S2. The molecule has 0 aliphatic heterocycles. The lowest BCUT2D eigenvalue weighted by Gasteiger charge is -2.36. The summed E-state index contributed by atoms with van der Waals surface area (Å²) in [4.78, 5) is 4.84. The van der Waals surface area contributed by atoms with Crippen molar-refractivity contribution in [3.63, 3.8) is 0 Å². The Balaban J connectivity index is 1.50. The second-order valence-electron chi connectivity index (χ2n) is 8.47. The largest absolute Gasteiger partial charge is 0.387 e. The zero-order chi connectivity index (χ0) is 25.9. The maximum absolute atomic E-state index is 14.8. The van der Waals surface area contributed by atoms with E-state index in [0.29, 0.717) is 5.56 Å². The van der Waals surface area contributed by atoms with E-state index >= 15 is 0 Å². The van der Waals surface area contributed by atoms with Crippen LogP contribution in [-0.2, 0) is 19.2 Å². The topological polar surface area (TPSA) is 102 Å². The zero-order valence-corrected chi connectivity index (χ0v) is 21.5. The maximum atomic E-state index is 14.8. The first kappa shape index (κ1) is 26.3. The highest BCUT2D eigenvalue weighted by Crippen LogP contribution is 2.40. The van der Waals surface area contributed by atoms with Crippen LogP contribution in [0.1, 0.15) is 31.1 Å². The molecular weight excluding hydrogens is 506 g/mol. The van der Waals surface area contributed by atoms with E-state index in [1.807, 2.05) is 42.8 Å². The van der Waals surface area contributed by atoms with Crippen LogP contribution >= 0.6 is 23.5 Å². The van der Waals surface area contributed by atoms with Gasteiger partial charge in [0.15, 0.2) is 5.16 Å². The summed E-state index contributed by atoms with van der Waals surface area (Å²) in [6.07, 6.45) is 3.52. The Kier molecular flexibility index (Phi) is 8.08. The van der Waals surface area contributed by atoms with Gasteiger partial charge in [0.25, 0.3) is 0 Å². The van der Waals surface area contributed by atoms with Gasteiger partial charge >= 0.3 is 0 Å². The number of aromatic nitrogens is 6. The van der Waals surface area contributed by atoms with Crippen molar-refractivity contribution in [3.8, 4) is 0 Å². The summed E-state index contributed by atoms with van der Waals surface area (Å²) in [5.74, 6) is -1.58. The zero-order valence-electron chi connectivity index (χ0n) is 19.9. The van der Waals surface area contributed by atoms with Gasteiger partial charge in [-0.15, -0.1) is 22.0 Å². The van der Waals surface area contributed by atoms with Gasteiger partial charge in [0.05, 0.1) is 12.6 Å². The van der Waals surface area contributed by atoms with Gasteiger partial charge in [-0.25, -0.2) is 18.4 Å². The molecule has 2 heterocycles. The molecule has 36 heavy (non-hydrogen) atoms. The number of hydrogen-bond donors (Lipinski definition) is 2. The van der Waals surface area contributed by atoms with Gasteiger partial charge < -0.3 is 14.8 Å². The number of benzene rings is 2. The Labute approximate surface area is 215 Å². The van der Waals surface area contributed by atoms with E-state index in [4.69, 9.17) is 0 Å². The fourth-order valence-electron chi connectivity index (χ4n) is 3.82. The van der Waals surface area contributed by atoms with Gasteiger partial charge in [0.2, 0.25) is 0 Å². The number of aliphatic hydroxyl groups is 2. The molecule has 0 saturated heterocycles. The van der Waals surface area contributed by atoms with Crippen molar-refractivity contribution in [2.24, 2.45) is 7.05 Å². The molecule has 12 heteroatoms. The highest BCUT2D eigenvalue weighted by molar-refractivity contribution is 8.00. The predicted molar refractivity (Wildman–Crippen MR) is 133 cm³/mol. The molecule has 2 N–H and O–H groups in total. The van der Waals surface area contributed by atoms with Crippen LogP contribution in [0.5, 0.6) is 0 Å². The van der Waals surface area contributed by atoms with Crippen molar-refractivity contribution in [3.05, 3.63) is 84.2 Å². The van der Waals surface area contributed by atoms with Crippen LogP contribution in [0.2, 0.25) is 0 Å². The van der Waals surface area contributed by atoms with Crippen molar-refractivity contribution in [1.82, 2.24) is 29.5 Å². The van der Waals surface area contributed by atoms with Crippen LogP contribution in [0.4, 0.5) is 8.78 Å². The van der Waals surface area contributed by atoms with Crippen molar-refractivity contribution in [2.75, 3.05) is 0 Å². The van der Waals surface area contributed by atoms with E-state index in [2.05, 4.69) is 20.3 Å². The number of rotatable bonds is 10. The first-order valence-corrected chi connectivity index (χ1v) is 12.9. The number of nitrogens with zero attached hydrogens (tertiary/aromatic N) is 6. The lowest BCUT2D eigenvalue weighted by atomic mass is 9.90. The maximum Gasteiger partial charge on any atom is 0.195 e. The Morgan fingerprint density at radius 1 is 1.08 bits per heavy atom. The van der Waals surface area contributed by atoms with Crippen LogP contribution in [0.3, 0.4) is 0 Å². The number of aryl methyl sites for hydroxylation is 1. The van der Waals surface area contributed by atoms with E-state index in [1.54, 1.807) is 13.3 Å². The second kappa shape index (κ2) is 11.1.